The highest BCUT2D eigenvalue weighted by molar-refractivity contribution is 6.63. The molecule has 1 unspecified atom stereocenters. The molecule has 0 bridgehead atoms. The first-order chi connectivity index (χ1) is 11.1. The van der Waals surface area contributed by atoms with Gasteiger partial charge in [0, 0.05) is 24.0 Å². The Balaban J connectivity index is 1.70. The molecule has 2 nitrogen and oxygen atoms in total. The van der Waals surface area contributed by atoms with Gasteiger partial charge in [0.05, 0.1) is 0 Å². The zero-order chi connectivity index (χ0) is 16.2. The maximum atomic E-state index is 10.9. The third-order valence-corrected chi connectivity index (χ3v) is 4.06. The number of halogens is 1. The Kier molecular flexibility index (Phi) is 4.69. The Hall–Kier alpha value is -2.24. The van der Waals surface area contributed by atoms with E-state index in [1.54, 1.807) is 0 Å². The molecule has 0 saturated heterocycles. The maximum absolute atomic E-state index is 10.9. The molecule has 0 spiro atoms. The summed E-state index contributed by atoms with van der Waals surface area (Å²) < 4.78 is 5.83. The average molecular weight is 325 g/mol. The Bertz CT molecular complexity index is 782. The molecule has 116 valence electrons. The molecule has 1 aliphatic heterocycles. The lowest BCUT2D eigenvalue weighted by molar-refractivity contribution is -0.112. The molecule has 0 radical (unpaired) electrons. The van der Waals surface area contributed by atoms with Crippen molar-refractivity contribution < 1.29 is 9.53 Å². The van der Waals surface area contributed by atoms with Crippen LogP contribution in [0.5, 0.6) is 5.75 Å². The number of ether oxygens (including phenoxy) is 1. The number of hydrogen-bond donors (Lipinski definition) is 0. The third kappa shape index (κ3) is 4.15. The molecule has 0 saturated carbocycles. The maximum Gasteiger partial charge on any atom is 0.221 e. The van der Waals surface area contributed by atoms with E-state index in [4.69, 9.17) is 16.3 Å². The van der Waals surface area contributed by atoms with E-state index in [0.29, 0.717) is 12.8 Å². The summed E-state index contributed by atoms with van der Waals surface area (Å²) in [6.07, 6.45) is 1.84. The van der Waals surface area contributed by atoms with Gasteiger partial charge in [-0.05, 0) is 60.8 Å². The van der Waals surface area contributed by atoms with Crippen molar-refractivity contribution in [3.8, 4) is 17.6 Å². The third-order valence-electron chi connectivity index (χ3n) is 3.87. The lowest BCUT2D eigenvalue weighted by atomic mass is 10.0. The Morgan fingerprint density at radius 3 is 2.61 bits per heavy atom. The van der Waals surface area contributed by atoms with Crippen molar-refractivity contribution in [2.24, 2.45) is 0 Å². The van der Waals surface area contributed by atoms with E-state index in [2.05, 4.69) is 37.0 Å². The van der Waals surface area contributed by atoms with E-state index in [1.807, 2.05) is 24.3 Å². The van der Waals surface area contributed by atoms with Gasteiger partial charge in [-0.2, -0.15) is 0 Å². The molecule has 2 aromatic rings. The van der Waals surface area contributed by atoms with Gasteiger partial charge in [-0.25, -0.2) is 0 Å². The number of rotatable bonds is 3. The van der Waals surface area contributed by atoms with Crippen LogP contribution in [0.3, 0.4) is 0 Å². The molecule has 23 heavy (non-hydrogen) atoms. The van der Waals surface area contributed by atoms with Crippen LogP contribution < -0.4 is 4.74 Å². The van der Waals surface area contributed by atoms with Gasteiger partial charge < -0.3 is 4.74 Å². The molecule has 0 fully saturated rings. The number of fused-ring (bicyclic) bond motifs is 1. The van der Waals surface area contributed by atoms with Crippen LogP contribution in [0.4, 0.5) is 0 Å². The number of aryl methyl sites for hydroxylation is 1. The summed E-state index contributed by atoms with van der Waals surface area (Å²) in [5, 5.41) is -0.311. The molecule has 3 heteroatoms. The highest BCUT2D eigenvalue weighted by Crippen LogP contribution is 2.31. The zero-order valence-corrected chi connectivity index (χ0v) is 13.7. The highest BCUT2D eigenvalue weighted by Gasteiger charge is 2.23. The van der Waals surface area contributed by atoms with Gasteiger partial charge in [0.1, 0.15) is 11.9 Å². The van der Waals surface area contributed by atoms with Crippen molar-refractivity contribution >= 4 is 16.8 Å². The normalized spacial score (nSPS) is 15.3. The first kappa shape index (κ1) is 15.6. The number of carbonyl (C=O) groups excluding carboxylic acids is 1. The van der Waals surface area contributed by atoms with Gasteiger partial charge in [-0.1, -0.05) is 29.5 Å². The number of hydrogen-bond acceptors (Lipinski definition) is 2. The molecular formula is C20H17ClO2. The van der Waals surface area contributed by atoms with Crippen LogP contribution in [-0.2, 0) is 11.2 Å². The molecule has 0 N–H and O–H groups in total. The molecule has 1 atom stereocenters. The van der Waals surface area contributed by atoms with Gasteiger partial charge in [-0.3, -0.25) is 4.79 Å². The number of carbonyl (C=O) groups is 1. The average Bonchev–Trinajstić information content (AvgIpc) is 2.94. The van der Waals surface area contributed by atoms with Crippen LogP contribution in [0, 0.1) is 18.8 Å². The number of benzene rings is 2. The molecule has 3 rings (SSSR count). The van der Waals surface area contributed by atoms with Crippen molar-refractivity contribution in [1.82, 2.24) is 0 Å². The van der Waals surface area contributed by atoms with Crippen LogP contribution in [0.2, 0.25) is 0 Å². The zero-order valence-electron chi connectivity index (χ0n) is 12.9. The Morgan fingerprint density at radius 1 is 1.17 bits per heavy atom. The van der Waals surface area contributed by atoms with Crippen LogP contribution in [0.25, 0.3) is 0 Å². The van der Waals surface area contributed by atoms with Gasteiger partial charge in [0.25, 0.3) is 0 Å². The summed E-state index contributed by atoms with van der Waals surface area (Å²) in [5.41, 5.74) is 4.35. The van der Waals surface area contributed by atoms with Crippen LogP contribution in [0.15, 0.2) is 42.5 Å². The van der Waals surface area contributed by atoms with Crippen LogP contribution >= 0.6 is 11.6 Å². The Labute approximate surface area is 141 Å². The molecule has 0 amide bonds. The van der Waals surface area contributed by atoms with Crippen molar-refractivity contribution in [2.45, 2.75) is 32.3 Å². The van der Waals surface area contributed by atoms with Crippen molar-refractivity contribution in [1.29, 1.82) is 0 Å². The second kappa shape index (κ2) is 6.89. The minimum absolute atomic E-state index is 0.0352. The van der Waals surface area contributed by atoms with E-state index in [9.17, 15) is 4.79 Å². The van der Waals surface area contributed by atoms with Crippen LogP contribution in [-0.4, -0.2) is 11.3 Å². The summed E-state index contributed by atoms with van der Waals surface area (Å²) in [6.45, 7) is 2.06. The van der Waals surface area contributed by atoms with Crippen molar-refractivity contribution in [2.75, 3.05) is 0 Å². The first-order valence-electron chi connectivity index (χ1n) is 7.67. The Morgan fingerprint density at radius 2 is 1.87 bits per heavy atom. The summed E-state index contributed by atoms with van der Waals surface area (Å²) >= 11 is 5.39. The lowest BCUT2D eigenvalue weighted by Gasteiger charge is -2.08. The van der Waals surface area contributed by atoms with Gasteiger partial charge in [0.15, 0.2) is 0 Å². The topological polar surface area (TPSA) is 26.3 Å². The van der Waals surface area contributed by atoms with Crippen molar-refractivity contribution in [3.63, 3.8) is 0 Å². The summed E-state index contributed by atoms with van der Waals surface area (Å²) in [6, 6.07) is 14.2. The fourth-order valence-corrected chi connectivity index (χ4v) is 2.72. The second-order valence-corrected chi connectivity index (χ2v) is 6.20. The van der Waals surface area contributed by atoms with E-state index in [0.717, 1.165) is 28.9 Å². The molecule has 2 aromatic carbocycles. The molecule has 0 aliphatic carbocycles. The fourth-order valence-electron chi connectivity index (χ4n) is 2.61. The quantitative estimate of drug-likeness (QED) is 0.623. The predicted octanol–water partition coefficient (Wildman–Crippen LogP) is 4.24. The summed E-state index contributed by atoms with van der Waals surface area (Å²) in [5.74, 6) is 7.26. The fraction of sp³-hybridized carbons (Fsp3) is 0.250. The smallest absolute Gasteiger partial charge is 0.221 e. The van der Waals surface area contributed by atoms with E-state index < -0.39 is 0 Å². The molecule has 1 heterocycles. The SMILES string of the molecule is Cc1ccc(C#Cc2ccc3c(c2)CC(CCC(=O)Cl)O3)cc1. The van der Waals surface area contributed by atoms with Crippen LogP contribution in [0.1, 0.15) is 35.1 Å². The summed E-state index contributed by atoms with van der Waals surface area (Å²) in [4.78, 5) is 10.9. The van der Waals surface area contributed by atoms with E-state index >= 15 is 0 Å². The van der Waals surface area contributed by atoms with Gasteiger partial charge in [-0.15, -0.1) is 0 Å². The highest BCUT2D eigenvalue weighted by atomic mass is 35.5. The minimum atomic E-state index is -0.311. The van der Waals surface area contributed by atoms with Crippen molar-refractivity contribution in [3.05, 3.63) is 64.7 Å². The predicted molar refractivity (Wildman–Crippen MR) is 91.8 cm³/mol. The van der Waals surface area contributed by atoms with Gasteiger partial charge >= 0.3 is 0 Å². The van der Waals surface area contributed by atoms with E-state index in [1.165, 1.54) is 5.56 Å². The molecule has 0 aromatic heterocycles. The standard InChI is InChI=1S/C20H17ClO2/c1-14-2-4-15(5-3-14)6-7-16-8-10-19-17(12-16)13-18(23-19)9-11-20(21)22/h2-5,8,10,12,18H,9,11,13H2,1H3. The van der Waals surface area contributed by atoms with Gasteiger partial charge in [0.2, 0.25) is 5.24 Å². The minimum Gasteiger partial charge on any atom is -0.490 e. The largest absolute Gasteiger partial charge is 0.490 e. The lowest BCUT2D eigenvalue weighted by Crippen LogP contribution is -2.13. The monoisotopic (exact) mass is 324 g/mol. The summed E-state index contributed by atoms with van der Waals surface area (Å²) in [7, 11) is 0. The second-order valence-electron chi connectivity index (χ2n) is 5.78. The van der Waals surface area contributed by atoms with E-state index in [-0.39, 0.29) is 11.3 Å². The molecule has 1 aliphatic rings. The first-order valence-corrected chi connectivity index (χ1v) is 8.04. The molecular weight excluding hydrogens is 308 g/mol.